The highest BCUT2D eigenvalue weighted by Gasteiger charge is 2.13. The molecule has 1 aromatic carbocycles. The number of benzene rings is 1. The number of alkyl halides is 1. The van der Waals surface area contributed by atoms with Crippen LogP contribution in [-0.4, -0.2) is 22.5 Å². The molecule has 17 heavy (non-hydrogen) atoms. The van der Waals surface area contributed by atoms with Crippen molar-refractivity contribution in [3.63, 3.8) is 0 Å². The van der Waals surface area contributed by atoms with E-state index in [9.17, 15) is 4.79 Å². The van der Waals surface area contributed by atoms with Crippen LogP contribution >= 0.6 is 15.9 Å². The molecule has 1 rings (SSSR count). The predicted molar refractivity (Wildman–Crippen MR) is 70.9 cm³/mol. The standard InChI is InChI=1S/C13H17BrO3/c1-2-3-8-17-11-6-4-10(5-7-11)9-12(14)13(15)16/h4-7,12H,2-3,8-9H2,1H3,(H,15,16). The quantitative estimate of drug-likeness (QED) is 0.621. The van der Waals surface area contributed by atoms with E-state index in [1.165, 1.54) is 0 Å². The summed E-state index contributed by atoms with van der Waals surface area (Å²) in [6.45, 7) is 2.85. The molecule has 0 spiro atoms. The molecule has 0 radical (unpaired) electrons. The molecule has 0 saturated heterocycles. The van der Waals surface area contributed by atoms with Crippen molar-refractivity contribution in [2.24, 2.45) is 0 Å². The SMILES string of the molecule is CCCCOc1ccc(CC(Br)C(=O)O)cc1. The van der Waals surface area contributed by atoms with Gasteiger partial charge in [0.1, 0.15) is 10.6 Å². The van der Waals surface area contributed by atoms with Gasteiger partial charge >= 0.3 is 5.97 Å². The Bertz CT molecular complexity index is 348. The second kappa shape index (κ2) is 7.33. The van der Waals surface area contributed by atoms with Crippen LogP contribution in [0, 0.1) is 0 Å². The number of carboxylic acid groups (broad SMARTS) is 1. The minimum atomic E-state index is -0.840. The maximum atomic E-state index is 10.7. The van der Waals surface area contributed by atoms with Crippen LogP contribution in [0.25, 0.3) is 0 Å². The van der Waals surface area contributed by atoms with Crippen molar-refractivity contribution < 1.29 is 14.6 Å². The molecule has 0 aliphatic heterocycles. The highest BCUT2D eigenvalue weighted by atomic mass is 79.9. The Labute approximate surface area is 110 Å². The summed E-state index contributed by atoms with van der Waals surface area (Å²) in [7, 11) is 0. The number of ether oxygens (including phenoxy) is 1. The molecular weight excluding hydrogens is 284 g/mol. The number of unbranched alkanes of at least 4 members (excludes halogenated alkanes) is 1. The number of halogens is 1. The summed E-state index contributed by atoms with van der Waals surface area (Å²) in [6, 6.07) is 7.57. The van der Waals surface area contributed by atoms with Crippen molar-refractivity contribution in [3.05, 3.63) is 29.8 Å². The highest BCUT2D eigenvalue weighted by molar-refractivity contribution is 9.10. The van der Waals surface area contributed by atoms with Crippen LogP contribution in [0.2, 0.25) is 0 Å². The Hall–Kier alpha value is -1.03. The smallest absolute Gasteiger partial charge is 0.317 e. The Balaban J connectivity index is 2.47. The van der Waals surface area contributed by atoms with Gasteiger partial charge in [0.25, 0.3) is 0 Å². The van der Waals surface area contributed by atoms with Gasteiger partial charge in [0.05, 0.1) is 6.61 Å². The second-order valence-electron chi connectivity index (χ2n) is 3.86. The lowest BCUT2D eigenvalue weighted by Gasteiger charge is -2.07. The molecule has 1 aromatic rings. The van der Waals surface area contributed by atoms with Crippen molar-refractivity contribution in [1.29, 1.82) is 0 Å². The fraction of sp³-hybridized carbons (Fsp3) is 0.462. The van der Waals surface area contributed by atoms with Gasteiger partial charge < -0.3 is 9.84 Å². The molecule has 1 N–H and O–H groups in total. The first kappa shape index (κ1) is 14.0. The Kier molecular flexibility index (Phi) is 6.05. The number of carboxylic acids is 1. The monoisotopic (exact) mass is 300 g/mol. The van der Waals surface area contributed by atoms with Crippen LogP contribution in [0.4, 0.5) is 0 Å². The van der Waals surface area contributed by atoms with Crippen molar-refractivity contribution in [3.8, 4) is 5.75 Å². The average Bonchev–Trinajstić information content (AvgIpc) is 2.31. The average molecular weight is 301 g/mol. The zero-order valence-electron chi connectivity index (χ0n) is 9.86. The first-order valence-electron chi connectivity index (χ1n) is 5.72. The molecule has 0 heterocycles. The predicted octanol–water partition coefficient (Wildman–Crippen LogP) is 3.26. The van der Waals surface area contributed by atoms with Crippen LogP contribution in [-0.2, 0) is 11.2 Å². The van der Waals surface area contributed by atoms with E-state index in [4.69, 9.17) is 9.84 Å². The first-order chi connectivity index (χ1) is 8.13. The fourth-order valence-corrected chi connectivity index (χ4v) is 1.72. The molecule has 1 atom stereocenters. The molecule has 0 aliphatic carbocycles. The van der Waals surface area contributed by atoms with Gasteiger partial charge in [0.2, 0.25) is 0 Å². The first-order valence-corrected chi connectivity index (χ1v) is 6.63. The Morgan fingerprint density at radius 2 is 2.06 bits per heavy atom. The zero-order valence-corrected chi connectivity index (χ0v) is 11.4. The summed E-state index contributed by atoms with van der Waals surface area (Å²) < 4.78 is 5.53. The number of aliphatic carboxylic acids is 1. The summed E-state index contributed by atoms with van der Waals surface area (Å²) in [5.41, 5.74) is 0.983. The summed E-state index contributed by atoms with van der Waals surface area (Å²) in [5, 5.41) is 8.77. The van der Waals surface area contributed by atoms with Crippen molar-refractivity contribution in [2.45, 2.75) is 31.0 Å². The van der Waals surface area contributed by atoms with Crippen LogP contribution in [0.1, 0.15) is 25.3 Å². The van der Waals surface area contributed by atoms with Crippen LogP contribution in [0.15, 0.2) is 24.3 Å². The number of carbonyl (C=O) groups is 1. The molecule has 0 amide bonds. The number of hydrogen-bond acceptors (Lipinski definition) is 2. The maximum absolute atomic E-state index is 10.7. The molecule has 4 heteroatoms. The van der Waals surface area contributed by atoms with Crippen molar-refractivity contribution in [1.82, 2.24) is 0 Å². The summed E-state index contributed by atoms with van der Waals surface area (Å²) >= 11 is 3.12. The van der Waals surface area contributed by atoms with Gasteiger partial charge in [-0.2, -0.15) is 0 Å². The van der Waals surface area contributed by atoms with Gasteiger partial charge in [0.15, 0.2) is 0 Å². The molecule has 1 unspecified atom stereocenters. The lowest BCUT2D eigenvalue weighted by atomic mass is 10.1. The van der Waals surface area contributed by atoms with Gasteiger partial charge in [-0.15, -0.1) is 0 Å². The van der Waals surface area contributed by atoms with Crippen LogP contribution in [0.5, 0.6) is 5.75 Å². The summed E-state index contributed by atoms with van der Waals surface area (Å²) in [5.74, 6) is -0.00285. The van der Waals surface area contributed by atoms with Crippen molar-refractivity contribution >= 4 is 21.9 Å². The summed E-state index contributed by atoms with van der Waals surface area (Å²) in [6.07, 6.45) is 2.64. The van der Waals surface area contributed by atoms with Crippen LogP contribution in [0.3, 0.4) is 0 Å². The topological polar surface area (TPSA) is 46.5 Å². The van der Waals surface area contributed by atoms with E-state index in [2.05, 4.69) is 22.9 Å². The lowest BCUT2D eigenvalue weighted by Crippen LogP contribution is -2.15. The number of rotatable bonds is 7. The third-order valence-corrected chi connectivity index (χ3v) is 3.09. The van der Waals surface area contributed by atoms with E-state index in [1.807, 2.05) is 24.3 Å². The van der Waals surface area contributed by atoms with Gasteiger partial charge in [-0.3, -0.25) is 4.79 Å². The molecule has 3 nitrogen and oxygen atoms in total. The van der Waals surface area contributed by atoms with Crippen LogP contribution < -0.4 is 4.74 Å². The molecule has 0 bridgehead atoms. The Morgan fingerprint density at radius 1 is 1.41 bits per heavy atom. The maximum Gasteiger partial charge on any atom is 0.317 e. The van der Waals surface area contributed by atoms with Gasteiger partial charge in [-0.25, -0.2) is 0 Å². The normalized spacial score (nSPS) is 12.1. The second-order valence-corrected chi connectivity index (χ2v) is 4.96. The third-order valence-electron chi connectivity index (χ3n) is 2.37. The van der Waals surface area contributed by atoms with Gasteiger partial charge in [-0.05, 0) is 30.5 Å². The largest absolute Gasteiger partial charge is 0.494 e. The van der Waals surface area contributed by atoms with E-state index < -0.39 is 10.8 Å². The fourth-order valence-electron chi connectivity index (χ4n) is 1.35. The zero-order chi connectivity index (χ0) is 12.7. The van der Waals surface area contributed by atoms with Gasteiger partial charge in [-0.1, -0.05) is 41.4 Å². The van der Waals surface area contributed by atoms with E-state index in [-0.39, 0.29) is 0 Å². The highest BCUT2D eigenvalue weighted by Crippen LogP contribution is 2.16. The molecular formula is C13H17BrO3. The van der Waals surface area contributed by atoms with E-state index >= 15 is 0 Å². The van der Waals surface area contributed by atoms with Crippen molar-refractivity contribution in [2.75, 3.05) is 6.61 Å². The molecule has 0 saturated carbocycles. The molecule has 94 valence electrons. The molecule has 0 fully saturated rings. The Morgan fingerprint density at radius 3 is 2.59 bits per heavy atom. The lowest BCUT2D eigenvalue weighted by molar-refractivity contribution is -0.136. The van der Waals surface area contributed by atoms with E-state index in [1.54, 1.807) is 0 Å². The number of hydrogen-bond donors (Lipinski definition) is 1. The third kappa shape index (κ3) is 5.22. The van der Waals surface area contributed by atoms with E-state index in [0.29, 0.717) is 6.42 Å². The molecule has 0 aliphatic rings. The minimum absolute atomic E-state index is 0.477. The summed E-state index contributed by atoms with van der Waals surface area (Å²) in [4.78, 5) is 10.1. The molecule has 0 aromatic heterocycles. The van der Waals surface area contributed by atoms with E-state index in [0.717, 1.165) is 30.8 Å². The van der Waals surface area contributed by atoms with Gasteiger partial charge in [0, 0.05) is 0 Å². The minimum Gasteiger partial charge on any atom is -0.494 e.